The topological polar surface area (TPSA) is 129 Å². The first-order valence-electron chi connectivity index (χ1n) is 10.4. The summed E-state index contributed by atoms with van der Waals surface area (Å²) in [6.07, 6.45) is -1.39. The van der Waals surface area contributed by atoms with Gasteiger partial charge in [0.25, 0.3) is 5.56 Å². The Hall–Kier alpha value is -4.66. The lowest BCUT2D eigenvalue weighted by Gasteiger charge is -2.05. The van der Waals surface area contributed by atoms with Crippen LogP contribution < -0.4 is 10.3 Å². The Morgan fingerprint density at radius 2 is 1.62 bits per heavy atom. The first kappa shape index (κ1) is 22.5. The van der Waals surface area contributed by atoms with Gasteiger partial charge in [-0.15, -0.1) is 10.2 Å². The molecule has 34 heavy (non-hydrogen) atoms. The fourth-order valence-corrected chi connectivity index (χ4v) is 3.41. The van der Waals surface area contributed by atoms with Gasteiger partial charge in [-0.25, -0.2) is 9.48 Å². The highest BCUT2D eigenvalue weighted by molar-refractivity contribution is 5.70. The Balaban J connectivity index is 1.59. The molecule has 0 unspecified atom stereocenters. The third kappa shape index (κ3) is 4.58. The van der Waals surface area contributed by atoms with Crippen LogP contribution in [0.5, 0.6) is 11.5 Å². The van der Waals surface area contributed by atoms with Crippen LogP contribution in [0.1, 0.15) is 16.8 Å². The molecule has 1 heterocycles. The number of H-pyrrole nitrogens is 1. The van der Waals surface area contributed by atoms with Crippen molar-refractivity contribution >= 4 is 17.5 Å². The number of aryl methyl sites for hydroxylation is 3. The molecule has 0 spiro atoms. The third-order valence-corrected chi connectivity index (χ3v) is 5.42. The minimum absolute atomic E-state index is 0.116. The van der Waals surface area contributed by atoms with E-state index in [1.54, 1.807) is 31.2 Å². The van der Waals surface area contributed by atoms with E-state index in [1.807, 2.05) is 32.0 Å². The summed E-state index contributed by atoms with van der Waals surface area (Å²) in [5, 5.41) is 30.3. The zero-order valence-electron chi connectivity index (χ0n) is 18.7. The number of hydrogen-bond donors (Lipinski definition) is 3. The van der Waals surface area contributed by atoms with E-state index < -0.39 is 6.16 Å². The van der Waals surface area contributed by atoms with Crippen LogP contribution in [0.3, 0.4) is 0 Å². The Labute approximate surface area is 194 Å². The Kier molecular flexibility index (Phi) is 6.01. The van der Waals surface area contributed by atoms with E-state index in [0.717, 1.165) is 16.7 Å². The van der Waals surface area contributed by atoms with Gasteiger partial charge in [-0.05, 0) is 79.4 Å². The molecule has 4 aromatic rings. The van der Waals surface area contributed by atoms with Gasteiger partial charge in [-0.1, -0.05) is 24.3 Å². The van der Waals surface area contributed by atoms with E-state index in [4.69, 9.17) is 5.11 Å². The molecule has 9 nitrogen and oxygen atoms in total. The van der Waals surface area contributed by atoms with Crippen molar-refractivity contribution in [1.82, 2.24) is 9.78 Å². The average Bonchev–Trinajstić information content (AvgIpc) is 3.08. The summed E-state index contributed by atoms with van der Waals surface area (Å²) >= 11 is 0. The predicted octanol–water partition coefficient (Wildman–Crippen LogP) is 5.94. The lowest BCUT2D eigenvalue weighted by atomic mass is 10.0. The maximum absolute atomic E-state index is 12.9. The number of nitrogens with one attached hydrogen (secondary N) is 1. The molecule has 0 aliphatic carbocycles. The lowest BCUT2D eigenvalue weighted by Crippen LogP contribution is -2.14. The summed E-state index contributed by atoms with van der Waals surface area (Å²) in [6, 6.07) is 16.9. The van der Waals surface area contributed by atoms with Crippen molar-refractivity contribution < 1.29 is 19.7 Å². The molecule has 1 aromatic heterocycles. The van der Waals surface area contributed by atoms with Crippen LogP contribution in [0.4, 0.5) is 16.2 Å². The quantitative estimate of drug-likeness (QED) is 0.194. The van der Waals surface area contributed by atoms with Crippen molar-refractivity contribution in [2.45, 2.75) is 20.8 Å². The number of carboxylic acid groups (broad SMARTS) is 1. The molecule has 3 aromatic carbocycles. The second kappa shape index (κ2) is 9.07. The average molecular weight is 458 g/mol. The van der Waals surface area contributed by atoms with Crippen molar-refractivity contribution in [3.8, 4) is 28.3 Å². The zero-order valence-corrected chi connectivity index (χ0v) is 18.7. The second-order valence-electron chi connectivity index (χ2n) is 7.79. The van der Waals surface area contributed by atoms with Crippen LogP contribution in [0.2, 0.25) is 0 Å². The molecule has 0 fully saturated rings. The van der Waals surface area contributed by atoms with E-state index in [-0.39, 0.29) is 28.4 Å². The number of phenols is 1. The summed E-state index contributed by atoms with van der Waals surface area (Å²) in [6.45, 7) is 5.71. The van der Waals surface area contributed by atoms with Crippen molar-refractivity contribution in [3.63, 3.8) is 0 Å². The number of carbonyl (C=O) groups is 1. The van der Waals surface area contributed by atoms with E-state index in [1.165, 1.54) is 22.9 Å². The molecule has 3 N–H and O–H groups in total. The van der Waals surface area contributed by atoms with Crippen LogP contribution in [0.25, 0.3) is 16.8 Å². The number of phenolic OH excluding ortho intramolecular Hbond substituents is 1. The number of ether oxygens (including phenoxy) is 1. The van der Waals surface area contributed by atoms with Crippen LogP contribution in [-0.2, 0) is 0 Å². The first-order chi connectivity index (χ1) is 16.2. The van der Waals surface area contributed by atoms with Gasteiger partial charge in [-0.3, -0.25) is 9.89 Å². The zero-order chi connectivity index (χ0) is 24.4. The molecule has 0 atom stereocenters. The molecular formula is C25H22N4O5. The fourth-order valence-electron chi connectivity index (χ4n) is 3.41. The molecule has 4 rings (SSSR count). The molecule has 9 heteroatoms. The highest BCUT2D eigenvalue weighted by Crippen LogP contribution is 2.33. The number of rotatable bonds is 5. The maximum atomic E-state index is 12.9. The predicted molar refractivity (Wildman–Crippen MR) is 127 cm³/mol. The van der Waals surface area contributed by atoms with E-state index in [0.29, 0.717) is 16.9 Å². The van der Waals surface area contributed by atoms with E-state index in [9.17, 15) is 14.7 Å². The Morgan fingerprint density at radius 3 is 2.26 bits per heavy atom. The molecule has 0 aliphatic heterocycles. The molecule has 0 saturated heterocycles. The number of nitrogens with zero attached hydrogens (tertiary/aromatic N) is 3. The minimum Gasteiger partial charge on any atom is -0.506 e. The molecular weight excluding hydrogens is 436 g/mol. The van der Waals surface area contributed by atoms with Gasteiger partial charge in [0.05, 0.1) is 11.4 Å². The fraction of sp³-hybridized carbons (Fsp3) is 0.120. The van der Waals surface area contributed by atoms with Crippen LogP contribution in [-0.4, -0.2) is 26.1 Å². The molecule has 0 saturated carbocycles. The van der Waals surface area contributed by atoms with Gasteiger partial charge in [0.15, 0.2) is 5.69 Å². The summed E-state index contributed by atoms with van der Waals surface area (Å²) in [7, 11) is 0. The third-order valence-electron chi connectivity index (χ3n) is 5.42. The van der Waals surface area contributed by atoms with Crippen molar-refractivity contribution in [1.29, 1.82) is 0 Å². The highest BCUT2D eigenvalue weighted by atomic mass is 16.7. The number of aromatic amines is 1. The van der Waals surface area contributed by atoms with E-state index in [2.05, 4.69) is 20.1 Å². The van der Waals surface area contributed by atoms with Crippen LogP contribution in [0, 0.1) is 20.8 Å². The number of hydrogen-bond acceptors (Lipinski definition) is 6. The van der Waals surface area contributed by atoms with Gasteiger partial charge >= 0.3 is 6.16 Å². The van der Waals surface area contributed by atoms with Gasteiger partial charge in [0.1, 0.15) is 17.2 Å². The first-order valence-corrected chi connectivity index (χ1v) is 10.4. The Bertz CT molecular complexity index is 1470. The summed E-state index contributed by atoms with van der Waals surface area (Å²) in [5.74, 6) is 0.0778. The molecule has 0 aliphatic rings. The molecule has 0 amide bonds. The van der Waals surface area contributed by atoms with Crippen molar-refractivity contribution in [3.05, 3.63) is 87.8 Å². The SMILES string of the molecule is Cc1ccc(-n2[nH]c(C)c(N=Nc3ccc(-c4ccc(OC(=O)O)cc4)cc3O)c2=O)cc1C. The second-order valence-corrected chi connectivity index (χ2v) is 7.79. The standard InChI is InChI=1S/C25H22N4O5/c1-14-4-8-19(12-15(14)2)29-24(31)23(16(3)28-29)27-26-21-11-7-18(13-22(21)30)17-5-9-20(10-6-17)34-25(32)33/h4-13,28,30H,1-3H3,(H,32,33). The number of azo groups is 1. The molecule has 172 valence electrons. The van der Waals surface area contributed by atoms with Crippen molar-refractivity contribution in [2.75, 3.05) is 0 Å². The number of benzene rings is 3. The van der Waals surface area contributed by atoms with Crippen molar-refractivity contribution in [2.24, 2.45) is 10.2 Å². The summed E-state index contributed by atoms with van der Waals surface area (Å²) in [4.78, 5) is 23.5. The van der Waals surface area contributed by atoms with Gasteiger partial charge < -0.3 is 14.9 Å². The summed E-state index contributed by atoms with van der Waals surface area (Å²) in [5.41, 5.74) is 4.88. The van der Waals surface area contributed by atoms with Gasteiger partial charge in [0, 0.05) is 0 Å². The lowest BCUT2D eigenvalue weighted by molar-refractivity contribution is 0.144. The maximum Gasteiger partial charge on any atom is 0.511 e. The highest BCUT2D eigenvalue weighted by Gasteiger charge is 2.13. The number of aromatic nitrogens is 2. The molecule has 0 radical (unpaired) electrons. The Morgan fingerprint density at radius 1 is 0.912 bits per heavy atom. The summed E-state index contributed by atoms with van der Waals surface area (Å²) < 4.78 is 6.01. The van der Waals surface area contributed by atoms with E-state index >= 15 is 0 Å². The largest absolute Gasteiger partial charge is 0.511 e. The minimum atomic E-state index is -1.39. The number of aromatic hydroxyl groups is 1. The van der Waals surface area contributed by atoms with Gasteiger partial charge in [0.2, 0.25) is 0 Å². The van der Waals surface area contributed by atoms with Crippen LogP contribution in [0.15, 0.2) is 75.7 Å². The molecule has 0 bridgehead atoms. The smallest absolute Gasteiger partial charge is 0.506 e. The normalized spacial score (nSPS) is 11.1. The monoisotopic (exact) mass is 458 g/mol. The van der Waals surface area contributed by atoms with Gasteiger partial charge in [-0.2, -0.15) is 0 Å². The van der Waals surface area contributed by atoms with Crippen LogP contribution >= 0.6 is 0 Å².